The van der Waals surface area contributed by atoms with E-state index in [4.69, 9.17) is 9.47 Å². The van der Waals surface area contributed by atoms with E-state index in [0.29, 0.717) is 12.8 Å². The van der Waals surface area contributed by atoms with Gasteiger partial charge in [0.25, 0.3) is 5.91 Å². The summed E-state index contributed by atoms with van der Waals surface area (Å²) in [5.74, 6) is -4.11. The van der Waals surface area contributed by atoms with Crippen LogP contribution in [0.1, 0.15) is 56.2 Å². The molecule has 2 aromatic carbocycles. The van der Waals surface area contributed by atoms with Gasteiger partial charge in [0.1, 0.15) is 23.1 Å². The summed E-state index contributed by atoms with van der Waals surface area (Å²) in [5.41, 5.74) is -2.13. The van der Waals surface area contributed by atoms with Crippen LogP contribution in [-0.4, -0.2) is 34.1 Å². The number of aromatic nitrogens is 1. The standard InChI is InChI=1S/C27H25F2N3O5/c1-26(2,3)37-25(35)27(10-5-11-27)14-31-24(34)21-22(33)16-9-8-15(12-17(16)20(13-30)32-21)36-23-18(28)6-4-7-19(23)29/h4,6-9,12,33H,5,10-11,14H2,1-3H3,(H,31,34). The van der Waals surface area contributed by atoms with E-state index in [1.165, 1.54) is 24.3 Å². The largest absolute Gasteiger partial charge is 0.505 e. The minimum atomic E-state index is -0.913. The van der Waals surface area contributed by atoms with E-state index < -0.39 is 51.7 Å². The summed E-state index contributed by atoms with van der Waals surface area (Å²) < 4.78 is 38.8. The highest BCUT2D eigenvalue weighted by molar-refractivity contribution is 6.03. The summed E-state index contributed by atoms with van der Waals surface area (Å²) in [4.78, 5) is 29.7. The molecule has 2 N–H and O–H groups in total. The summed E-state index contributed by atoms with van der Waals surface area (Å²) >= 11 is 0. The fourth-order valence-corrected chi connectivity index (χ4v) is 4.06. The number of fused-ring (bicyclic) bond motifs is 1. The first kappa shape index (κ1) is 25.8. The highest BCUT2D eigenvalue weighted by Gasteiger charge is 2.47. The van der Waals surface area contributed by atoms with Gasteiger partial charge in [0.15, 0.2) is 28.8 Å². The molecule has 10 heteroatoms. The van der Waals surface area contributed by atoms with Gasteiger partial charge in [-0.05, 0) is 63.9 Å². The van der Waals surface area contributed by atoms with Crippen LogP contribution in [0.25, 0.3) is 10.8 Å². The predicted octanol–water partition coefficient (Wildman–Crippen LogP) is 5.12. The quantitative estimate of drug-likeness (QED) is 0.442. The number of ether oxygens (including phenoxy) is 2. The molecule has 1 heterocycles. The summed E-state index contributed by atoms with van der Waals surface area (Å²) in [6.45, 7) is 5.28. The molecule has 1 aliphatic carbocycles. The van der Waals surface area contributed by atoms with Crippen molar-refractivity contribution in [3.8, 4) is 23.3 Å². The van der Waals surface area contributed by atoms with E-state index in [9.17, 15) is 28.7 Å². The Morgan fingerprint density at radius 2 is 1.84 bits per heavy atom. The number of halogens is 2. The molecule has 1 aromatic heterocycles. The van der Waals surface area contributed by atoms with Gasteiger partial charge in [-0.25, -0.2) is 13.8 Å². The molecule has 8 nitrogen and oxygen atoms in total. The van der Waals surface area contributed by atoms with E-state index in [2.05, 4.69) is 10.3 Å². The maximum absolute atomic E-state index is 14.0. The average molecular weight is 510 g/mol. The van der Waals surface area contributed by atoms with Gasteiger partial charge < -0.3 is 19.9 Å². The van der Waals surface area contributed by atoms with Crippen LogP contribution in [0.2, 0.25) is 0 Å². The summed E-state index contributed by atoms with van der Waals surface area (Å²) in [6, 6.07) is 9.11. The number of nitriles is 1. The Bertz CT molecular complexity index is 1420. The molecule has 37 heavy (non-hydrogen) atoms. The number of rotatable bonds is 6. The first-order valence-electron chi connectivity index (χ1n) is 11.6. The van der Waals surface area contributed by atoms with Gasteiger partial charge in [-0.2, -0.15) is 5.26 Å². The highest BCUT2D eigenvalue weighted by atomic mass is 19.1. The molecule has 0 unspecified atom stereocenters. The normalized spacial score (nSPS) is 14.4. The number of hydrogen-bond acceptors (Lipinski definition) is 7. The number of esters is 1. The number of nitrogens with one attached hydrogen (secondary N) is 1. The molecule has 0 atom stereocenters. The molecule has 1 saturated carbocycles. The van der Waals surface area contributed by atoms with Crippen LogP contribution in [0.15, 0.2) is 36.4 Å². The molecule has 1 fully saturated rings. The van der Waals surface area contributed by atoms with Crippen molar-refractivity contribution in [2.75, 3.05) is 6.54 Å². The van der Waals surface area contributed by atoms with Gasteiger partial charge in [-0.15, -0.1) is 0 Å². The lowest BCUT2D eigenvalue weighted by molar-refractivity contribution is -0.172. The predicted molar refractivity (Wildman–Crippen MR) is 129 cm³/mol. The number of hydrogen-bond donors (Lipinski definition) is 2. The van der Waals surface area contributed by atoms with Gasteiger partial charge in [-0.1, -0.05) is 12.5 Å². The zero-order chi connectivity index (χ0) is 27.0. The number of nitrogens with zero attached hydrogens (tertiary/aromatic N) is 2. The lowest BCUT2D eigenvalue weighted by Gasteiger charge is -2.41. The molecule has 192 valence electrons. The van der Waals surface area contributed by atoms with Gasteiger partial charge in [0, 0.05) is 17.3 Å². The van der Waals surface area contributed by atoms with E-state index in [0.717, 1.165) is 18.6 Å². The lowest BCUT2D eigenvalue weighted by Crippen LogP contribution is -2.50. The van der Waals surface area contributed by atoms with Crippen LogP contribution < -0.4 is 10.1 Å². The van der Waals surface area contributed by atoms with Gasteiger partial charge >= 0.3 is 5.97 Å². The smallest absolute Gasteiger partial charge is 0.314 e. The van der Waals surface area contributed by atoms with Crippen molar-refractivity contribution in [3.63, 3.8) is 0 Å². The Balaban J connectivity index is 1.60. The fourth-order valence-electron chi connectivity index (χ4n) is 4.06. The molecule has 0 radical (unpaired) electrons. The number of para-hydroxylation sites is 1. The molecular weight excluding hydrogens is 484 g/mol. The average Bonchev–Trinajstić information content (AvgIpc) is 2.80. The highest BCUT2D eigenvalue weighted by Crippen LogP contribution is 2.42. The SMILES string of the molecule is CC(C)(C)OC(=O)C1(CNC(=O)c2nc(C#N)c3cc(Oc4c(F)cccc4F)ccc3c2O)CCC1. The van der Waals surface area contributed by atoms with E-state index in [1.807, 2.05) is 6.07 Å². The zero-order valence-corrected chi connectivity index (χ0v) is 20.5. The zero-order valence-electron chi connectivity index (χ0n) is 20.5. The minimum Gasteiger partial charge on any atom is -0.505 e. The summed E-state index contributed by atoms with van der Waals surface area (Å²) in [7, 11) is 0. The van der Waals surface area contributed by atoms with E-state index in [1.54, 1.807) is 20.8 Å². The van der Waals surface area contributed by atoms with Crippen LogP contribution in [0.4, 0.5) is 8.78 Å². The Morgan fingerprint density at radius 3 is 2.41 bits per heavy atom. The number of aromatic hydroxyl groups is 1. The second kappa shape index (κ2) is 9.65. The molecule has 0 aliphatic heterocycles. The van der Waals surface area contributed by atoms with Crippen molar-refractivity contribution < 1.29 is 33.0 Å². The van der Waals surface area contributed by atoms with Gasteiger partial charge in [0.05, 0.1) is 5.41 Å². The first-order chi connectivity index (χ1) is 17.4. The fraction of sp³-hybridized carbons (Fsp3) is 0.333. The van der Waals surface area contributed by atoms with Crippen molar-refractivity contribution in [3.05, 3.63) is 59.4 Å². The van der Waals surface area contributed by atoms with Crippen LogP contribution in [-0.2, 0) is 9.53 Å². The van der Waals surface area contributed by atoms with Crippen LogP contribution in [0, 0.1) is 28.4 Å². The minimum absolute atomic E-state index is 0.00399. The molecule has 0 bridgehead atoms. The number of benzene rings is 2. The molecule has 1 aliphatic rings. The van der Waals surface area contributed by atoms with Gasteiger partial charge in [-0.3, -0.25) is 9.59 Å². The molecular formula is C27H25F2N3O5. The lowest BCUT2D eigenvalue weighted by atomic mass is 9.68. The molecule has 1 amide bonds. The van der Waals surface area contributed by atoms with Gasteiger partial charge in [0.2, 0.25) is 0 Å². The third-order valence-electron chi connectivity index (χ3n) is 6.14. The topological polar surface area (TPSA) is 122 Å². The van der Waals surface area contributed by atoms with Crippen molar-refractivity contribution in [2.45, 2.75) is 45.6 Å². The number of carbonyl (C=O) groups is 2. The first-order valence-corrected chi connectivity index (χ1v) is 11.6. The van der Waals surface area contributed by atoms with Crippen molar-refractivity contribution in [1.29, 1.82) is 5.26 Å². The number of carbonyl (C=O) groups excluding carboxylic acids is 2. The van der Waals surface area contributed by atoms with Crippen molar-refractivity contribution in [1.82, 2.24) is 10.3 Å². The molecule has 4 rings (SSSR count). The van der Waals surface area contributed by atoms with E-state index >= 15 is 0 Å². The third kappa shape index (κ3) is 5.16. The van der Waals surface area contributed by atoms with Crippen molar-refractivity contribution in [2.24, 2.45) is 5.41 Å². The maximum Gasteiger partial charge on any atom is 0.314 e. The monoisotopic (exact) mass is 509 g/mol. The Kier molecular flexibility index (Phi) is 6.74. The Hall–Kier alpha value is -4.26. The summed E-state index contributed by atoms with van der Waals surface area (Å²) in [6.07, 6.45) is 1.91. The third-order valence-corrected chi connectivity index (χ3v) is 6.14. The van der Waals surface area contributed by atoms with Crippen molar-refractivity contribution >= 4 is 22.6 Å². The Labute approximate surface area is 211 Å². The van der Waals surface area contributed by atoms with Crippen LogP contribution >= 0.6 is 0 Å². The number of amides is 1. The summed E-state index contributed by atoms with van der Waals surface area (Å²) in [5, 5.41) is 23.3. The Morgan fingerprint density at radius 1 is 1.16 bits per heavy atom. The maximum atomic E-state index is 14.0. The van der Waals surface area contributed by atoms with E-state index in [-0.39, 0.29) is 28.8 Å². The number of pyridine rings is 1. The van der Waals surface area contributed by atoms with Crippen LogP contribution in [0.5, 0.6) is 17.2 Å². The molecule has 3 aromatic rings. The second-order valence-corrected chi connectivity index (χ2v) is 9.95. The molecule has 0 spiro atoms. The van der Waals surface area contributed by atoms with Crippen LogP contribution in [0.3, 0.4) is 0 Å². The molecule has 0 saturated heterocycles. The second-order valence-electron chi connectivity index (χ2n) is 9.95.